The summed E-state index contributed by atoms with van der Waals surface area (Å²) in [6.45, 7) is 5.94. The second kappa shape index (κ2) is 10.4. The van der Waals surface area contributed by atoms with Gasteiger partial charge in [0, 0.05) is 39.2 Å². The molecule has 0 radical (unpaired) electrons. The average Bonchev–Trinajstić information content (AvgIpc) is 3.45. The quantitative estimate of drug-likeness (QED) is 0.194. The standard InChI is InChI=1S/C39H26N4O/c1-3-11-30-33(4-2)44-34-23-40-22-32(36(30)34)39-42-37(26-13-6-5-7-14-26)41-38(43-39)31-17-10-15-25-19-20-28-27-16-9-8-12-24(27)18-21-29(28)35(25)31/h3-23H,2H2,1H3/b11-3-. The average molecular weight is 567 g/mol. The molecule has 8 aromatic rings. The molecule has 5 heteroatoms. The van der Waals surface area contributed by atoms with E-state index in [4.69, 9.17) is 19.4 Å². The van der Waals surface area contributed by atoms with E-state index >= 15 is 0 Å². The Morgan fingerprint density at radius 1 is 0.614 bits per heavy atom. The zero-order valence-corrected chi connectivity index (χ0v) is 24.0. The van der Waals surface area contributed by atoms with E-state index in [0.29, 0.717) is 28.8 Å². The van der Waals surface area contributed by atoms with Crippen LogP contribution in [0.3, 0.4) is 0 Å². The van der Waals surface area contributed by atoms with E-state index in [1.165, 1.54) is 16.2 Å². The number of hydrogen-bond acceptors (Lipinski definition) is 5. The summed E-state index contributed by atoms with van der Waals surface area (Å²) in [6, 6.07) is 33.6. The van der Waals surface area contributed by atoms with E-state index in [2.05, 4.69) is 78.3 Å². The number of rotatable bonds is 5. The number of aromatic nitrogens is 4. The van der Waals surface area contributed by atoms with Crippen LogP contribution in [0.5, 0.6) is 0 Å². The maximum atomic E-state index is 6.13. The summed E-state index contributed by atoms with van der Waals surface area (Å²) in [5.41, 5.74) is 4.18. The molecule has 0 spiro atoms. The van der Waals surface area contributed by atoms with Crippen molar-refractivity contribution in [3.05, 3.63) is 133 Å². The SMILES string of the molecule is C=Cc1oc2cncc(-c3nc(-c4ccccc4)nc(-c4cccc5ccc6c7ccccc7ccc6c45)n3)c2c1/C=C\C. The predicted octanol–water partition coefficient (Wildman–Crippen LogP) is 10.1. The second-order valence-corrected chi connectivity index (χ2v) is 10.7. The van der Waals surface area contributed by atoms with Crippen molar-refractivity contribution in [3.63, 3.8) is 0 Å². The van der Waals surface area contributed by atoms with Crippen molar-refractivity contribution >= 4 is 55.4 Å². The molecule has 0 fully saturated rings. The largest absolute Gasteiger partial charge is 0.454 e. The van der Waals surface area contributed by atoms with Crippen LogP contribution in [0, 0.1) is 0 Å². The van der Waals surface area contributed by atoms with E-state index in [0.717, 1.165) is 43.8 Å². The number of furan rings is 1. The number of allylic oxidation sites excluding steroid dienone is 1. The maximum absolute atomic E-state index is 6.13. The summed E-state index contributed by atoms with van der Waals surface area (Å²) in [4.78, 5) is 19.8. The third-order valence-corrected chi connectivity index (χ3v) is 8.10. The molecule has 0 unspecified atom stereocenters. The van der Waals surface area contributed by atoms with E-state index < -0.39 is 0 Å². The van der Waals surface area contributed by atoms with Crippen molar-refractivity contribution in [2.45, 2.75) is 6.92 Å². The van der Waals surface area contributed by atoms with Crippen LogP contribution in [0.1, 0.15) is 18.2 Å². The predicted molar refractivity (Wildman–Crippen MR) is 181 cm³/mol. The Hall–Kier alpha value is -5.94. The third kappa shape index (κ3) is 4.09. The maximum Gasteiger partial charge on any atom is 0.166 e. The fourth-order valence-corrected chi connectivity index (χ4v) is 6.14. The molecule has 0 bridgehead atoms. The highest BCUT2D eigenvalue weighted by molar-refractivity contribution is 6.20. The monoisotopic (exact) mass is 566 g/mol. The van der Waals surface area contributed by atoms with Gasteiger partial charge < -0.3 is 4.42 Å². The molecule has 0 aliphatic rings. The first-order chi connectivity index (χ1) is 21.7. The lowest BCUT2D eigenvalue weighted by molar-refractivity contribution is 0.602. The topological polar surface area (TPSA) is 64.7 Å². The van der Waals surface area contributed by atoms with Crippen LogP contribution in [0.15, 0.2) is 127 Å². The molecule has 208 valence electrons. The van der Waals surface area contributed by atoms with Crippen LogP contribution in [0.4, 0.5) is 0 Å². The fourth-order valence-electron chi connectivity index (χ4n) is 6.14. The van der Waals surface area contributed by atoms with E-state index in [1.807, 2.05) is 49.4 Å². The molecule has 5 aromatic carbocycles. The van der Waals surface area contributed by atoms with E-state index in [-0.39, 0.29) is 0 Å². The van der Waals surface area contributed by atoms with Gasteiger partial charge in [0.25, 0.3) is 0 Å². The Balaban J connectivity index is 1.46. The van der Waals surface area contributed by atoms with Gasteiger partial charge in [-0.15, -0.1) is 0 Å². The number of nitrogens with zero attached hydrogens (tertiary/aromatic N) is 4. The summed E-state index contributed by atoms with van der Waals surface area (Å²) in [7, 11) is 0. The smallest absolute Gasteiger partial charge is 0.166 e. The highest BCUT2D eigenvalue weighted by Crippen LogP contribution is 2.39. The minimum atomic E-state index is 0.525. The van der Waals surface area contributed by atoms with Crippen molar-refractivity contribution in [1.82, 2.24) is 19.9 Å². The fraction of sp³-hybridized carbons (Fsp3) is 0.0256. The molecule has 8 rings (SSSR count). The van der Waals surface area contributed by atoms with Crippen molar-refractivity contribution in [3.8, 4) is 34.2 Å². The zero-order chi connectivity index (χ0) is 29.6. The second-order valence-electron chi connectivity index (χ2n) is 10.7. The lowest BCUT2D eigenvalue weighted by atomic mass is 9.94. The number of hydrogen-bond donors (Lipinski definition) is 0. The highest BCUT2D eigenvalue weighted by atomic mass is 16.3. The molecule has 0 N–H and O–H groups in total. The van der Waals surface area contributed by atoms with E-state index in [1.54, 1.807) is 18.5 Å². The third-order valence-electron chi connectivity index (χ3n) is 8.10. The van der Waals surface area contributed by atoms with Gasteiger partial charge in [0.05, 0.1) is 6.20 Å². The first-order valence-electron chi connectivity index (χ1n) is 14.5. The van der Waals surface area contributed by atoms with Gasteiger partial charge in [-0.3, -0.25) is 4.98 Å². The van der Waals surface area contributed by atoms with Crippen molar-refractivity contribution in [2.75, 3.05) is 0 Å². The van der Waals surface area contributed by atoms with Crippen LogP contribution in [0.2, 0.25) is 0 Å². The molecule has 0 saturated heterocycles. The Bertz CT molecular complexity index is 2420. The van der Waals surface area contributed by atoms with Crippen LogP contribution < -0.4 is 0 Å². The summed E-state index contributed by atoms with van der Waals surface area (Å²) in [5.74, 6) is 2.39. The molecule has 0 aliphatic heterocycles. The molecule has 0 saturated carbocycles. The van der Waals surface area contributed by atoms with Gasteiger partial charge in [0.15, 0.2) is 23.1 Å². The summed E-state index contributed by atoms with van der Waals surface area (Å²) in [5, 5.41) is 7.90. The molecule has 5 nitrogen and oxygen atoms in total. The Morgan fingerprint density at radius 3 is 2.18 bits per heavy atom. The lowest BCUT2D eigenvalue weighted by Gasteiger charge is -2.13. The molecular weight excluding hydrogens is 540 g/mol. The van der Waals surface area contributed by atoms with Gasteiger partial charge in [0.1, 0.15) is 5.76 Å². The van der Waals surface area contributed by atoms with Crippen LogP contribution in [0.25, 0.3) is 89.6 Å². The van der Waals surface area contributed by atoms with Crippen LogP contribution >= 0.6 is 0 Å². The van der Waals surface area contributed by atoms with Crippen LogP contribution in [-0.4, -0.2) is 19.9 Å². The van der Waals surface area contributed by atoms with Gasteiger partial charge in [0.2, 0.25) is 0 Å². The molecule has 3 heterocycles. The van der Waals surface area contributed by atoms with E-state index in [9.17, 15) is 0 Å². The highest BCUT2D eigenvalue weighted by Gasteiger charge is 2.20. The van der Waals surface area contributed by atoms with Gasteiger partial charge in [-0.25, -0.2) is 15.0 Å². The van der Waals surface area contributed by atoms with Crippen molar-refractivity contribution in [1.29, 1.82) is 0 Å². The van der Waals surface area contributed by atoms with Gasteiger partial charge >= 0.3 is 0 Å². The molecule has 0 atom stereocenters. The number of pyridine rings is 1. The summed E-state index contributed by atoms with van der Waals surface area (Å²) < 4.78 is 6.13. The van der Waals surface area contributed by atoms with Crippen molar-refractivity contribution < 1.29 is 4.42 Å². The molecular formula is C39H26N4O. The molecule has 44 heavy (non-hydrogen) atoms. The lowest BCUT2D eigenvalue weighted by Crippen LogP contribution is -2.01. The Morgan fingerprint density at radius 2 is 1.34 bits per heavy atom. The number of benzene rings is 5. The molecule has 0 amide bonds. The van der Waals surface area contributed by atoms with Gasteiger partial charge in [-0.2, -0.15) is 0 Å². The van der Waals surface area contributed by atoms with Gasteiger partial charge in [-0.05, 0) is 39.9 Å². The number of fused-ring (bicyclic) bond motifs is 6. The van der Waals surface area contributed by atoms with Crippen molar-refractivity contribution in [2.24, 2.45) is 0 Å². The summed E-state index contributed by atoms with van der Waals surface area (Å²) in [6.07, 6.45) is 9.25. The van der Waals surface area contributed by atoms with Gasteiger partial charge in [-0.1, -0.05) is 116 Å². The Labute approximate surface area is 253 Å². The Kier molecular flexibility index (Phi) is 6.09. The first-order valence-corrected chi connectivity index (χ1v) is 14.5. The molecule has 3 aromatic heterocycles. The summed E-state index contributed by atoms with van der Waals surface area (Å²) >= 11 is 0. The molecule has 0 aliphatic carbocycles. The minimum Gasteiger partial charge on any atom is -0.454 e. The normalized spacial score (nSPS) is 11.8. The first kappa shape index (κ1) is 25.7. The zero-order valence-electron chi connectivity index (χ0n) is 24.0. The minimum absolute atomic E-state index is 0.525. The van der Waals surface area contributed by atoms with Crippen LogP contribution in [-0.2, 0) is 0 Å².